The van der Waals surface area contributed by atoms with Crippen molar-refractivity contribution in [1.29, 1.82) is 0 Å². The number of nitrogens with two attached hydrogens (primary N) is 1. The highest BCUT2D eigenvalue weighted by Gasteiger charge is 2.40. The first kappa shape index (κ1) is 31.6. The molecule has 35 heavy (non-hydrogen) atoms. The Labute approximate surface area is 216 Å². The third kappa shape index (κ3) is 14.6. The molecule has 0 saturated carbocycles. The molecule has 202 valence electrons. The molecule has 1 rings (SSSR count). The zero-order valence-electron chi connectivity index (χ0n) is 23.1. The number of aliphatic imine (C=N–C) groups is 1. The zero-order chi connectivity index (χ0) is 25.6. The van der Waals surface area contributed by atoms with Crippen LogP contribution in [0.4, 0.5) is 0 Å². The van der Waals surface area contributed by atoms with Crippen LogP contribution in [-0.2, 0) is 4.79 Å². The normalized spacial score (nSPS) is 18.4. The fraction of sp³-hybridized carbons (Fsp3) is 0.800. The average molecular weight is 491 g/mol. The Balaban J connectivity index is 1.87. The van der Waals surface area contributed by atoms with Crippen LogP contribution >= 0.6 is 0 Å². The maximum Gasteiger partial charge on any atom is 0.360 e. The molecule has 0 aliphatic carbocycles. The van der Waals surface area contributed by atoms with E-state index in [-0.39, 0.29) is 17.2 Å². The molecular weight excluding hydrogens is 434 g/mol. The summed E-state index contributed by atoms with van der Waals surface area (Å²) in [5, 5.41) is 9.29. The first-order valence-electron chi connectivity index (χ1n) is 14.8. The van der Waals surface area contributed by atoms with Gasteiger partial charge in [-0.1, -0.05) is 115 Å². The fourth-order valence-corrected chi connectivity index (χ4v) is 5.07. The van der Waals surface area contributed by atoms with Gasteiger partial charge in [0.15, 0.2) is 6.54 Å². The second-order valence-electron chi connectivity index (χ2n) is 10.5. The maximum absolute atomic E-state index is 11.3. The van der Waals surface area contributed by atoms with Crippen LogP contribution in [0, 0.1) is 0 Å². The SMILES string of the molecule is CC/C=C/CCCCCCCCCCCCCCCCCCCC1=NC=C[N+]1(CC(=O)O)C(C)N. The first-order valence-corrected chi connectivity index (χ1v) is 14.8. The summed E-state index contributed by atoms with van der Waals surface area (Å²) in [5.41, 5.74) is 6.13. The number of nitrogens with zero attached hydrogens (tertiary/aromatic N) is 2. The predicted molar refractivity (Wildman–Crippen MR) is 150 cm³/mol. The highest BCUT2D eigenvalue weighted by molar-refractivity contribution is 5.81. The number of allylic oxidation sites excluding steroid dienone is 2. The maximum atomic E-state index is 11.3. The molecule has 0 radical (unpaired) electrons. The van der Waals surface area contributed by atoms with Gasteiger partial charge < -0.3 is 5.11 Å². The molecule has 1 aliphatic rings. The number of hydrogen-bond donors (Lipinski definition) is 2. The van der Waals surface area contributed by atoms with E-state index in [1.165, 1.54) is 116 Å². The van der Waals surface area contributed by atoms with Crippen LogP contribution < -0.4 is 5.73 Å². The number of unbranched alkanes of at least 4 members (excludes halogenated alkanes) is 17. The first-order chi connectivity index (χ1) is 17.0. The Kier molecular flexibility index (Phi) is 18.7. The lowest BCUT2D eigenvalue weighted by Gasteiger charge is -2.34. The largest absolute Gasteiger partial charge is 0.477 e. The van der Waals surface area contributed by atoms with E-state index in [4.69, 9.17) is 5.73 Å². The number of carbonyl (C=O) groups is 1. The van der Waals surface area contributed by atoms with Crippen molar-refractivity contribution in [3.8, 4) is 0 Å². The van der Waals surface area contributed by atoms with Gasteiger partial charge in [-0.25, -0.2) is 14.3 Å². The summed E-state index contributed by atoms with van der Waals surface area (Å²) in [6, 6.07) is 0. The van der Waals surface area contributed by atoms with Gasteiger partial charge in [0, 0.05) is 13.3 Å². The molecule has 5 heteroatoms. The molecule has 0 amide bonds. The van der Waals surface area contributed by atoms with Gasteiger partial charge in [-0.2, -0.15) is 0 Å². The number of aliphatic carboxylic acids is 1. The van der Waals surface area contributed by atoms with Gasteiger partial charge in [-0.15, -0.1) is 0 Å². The van der Waals surface area contributed by atoms with E-state index in [1.807, 2.05) is 13.1 Å². The summed E-state index contributed by atoms with van der Waals surface area (Å²) >= 11 is 0. The number of hydrogen-bond acceptors (Lipinski definition) is 3. The monoisotopic (exact) mass is 490 g/mol. The Hall–Kier alpha value is -1.46. The topological polar surface area (TPSA) is 75.7 Å². The summed E-state index contributed by atoms with van der Waals surface area (Å²) in [6.45, 7) is 4.04. The highest BCUT2D eigenvalue weighted by atomic mass is 16.4. The third-order valence-corrected chi connectivity index (χ3v) is 7.33. The molecule has 0 bridgehead atoms. The van der Waals surface area contributed by atoms with Crippen LogP contribution in [0.1, 0.15) is 142 Å². The van der Waals surface area contributed by atoms with Crippen molar-refractivity contribution in [2.75, 3.05) is 6.54 Å². The minimum Gasteiger partial charge on any atom is -0.477 e. The Morgan fingerprint density at radius 2 is 1.31 bits per heavy atom. The summed E-state index contributed by atoms with van der Waals surface area (Å²) in [4.78, 5) is 15.8. The molecule has 3 N–H and O–H groups in total. The zero-order valence-corrected chi connectivity index (χ0v) is 23.1. The quantitative estimate of drug-likeness (QED) is 0.0809. The molecule has 0 aromatic carbocycles. The van der Waals surface area contributed by atoms with Crippen molar-refractivity contribution in [3.63, 3.8) is 0 Å². The average Bonchev–Trinajstić information content (AvgIpc) is 3.23. The molecule has 2 atom stereocenters. The van der Waals surface area contributed by atoms with Crippen molar-refractivity contribution >= 4 is 11.8 Å². The van der Waals surface area contributed by atoms with Crippen molar-refractivity contribution in [1.82, 2.24) is 0 Å². The molecule has 0 saturated heterocycles. The van der Waals surface area contributed by atoms with E-state index >= 15 is 0 Å². The van der Waals surface area contributed by atoms with E-state index in [0.29, 0.717) is 0 Å². The molecule has 2 unspecified atom stereocenters. The van der Waals surface area contributed by atoms with Crippen molar-refractivity contribution in [2.24, 2.45) is 10.7 Å². The number of carboxylic acid groups (broad SMARTS) is 1. The fourth-order valence-electron chi connectivity index (χ4n) is 5.07. The minimum absolute atomic E-state index is 0.0234. The van der Waals surface area contributed by atoms with E-state index in [1.54, 1.807) is 6.20 Å². The molecular formula is C30H56N3O2+. The van der Waals surface area contributed by atoms with E-state index in [2.05, 4.69) is 24.1 Å². The van der Waals surface area contributed by atoms with Gasteiger partial charge in [0.05, 0.1) is 6.20 Å². The molecule has 1 heterocycles. The summed E-state index contributed by atoms with van der Waals surface area (Å²) in [6.07, 6.45) is 34.2. The van der Waals surface area contributed by atoms with Crippen molar-refractivity contribution in [3.05, 3.63) is 24.6 Å². The van der Waals surface area contributed by atoms with Gasteiger partial charge >= 0.3 is 5.97 Å². The number of carboxylic acids is 1. The van der Waals surface area contributed by atoms with Crippen LogP contribution in [0.25, 0.3) is 0 Å². The van der Waals surface area contributed by atoms with Crippen LogP contribution in [0.2, 0.25) is 0 Å². The summed E-state index contributed by atoms with van der Waals surface area (Å²) in [5.74, 6) is 0.0661. The smallest absolute Gasteiger partial charge is 0.360 e. The van der Waals surface area contributed by atoms with Gasteiger partial charge in [-0.05, 0) is 25.7 Å². The van der Waals surface area contributed by atoms with Crippen molar-refractivity contribution in [2.45, 2.75) is 148 Å². The van der Waals surface area contributed by atoms with Gasteiger partial charge in [-0.3, -0.25) is 5.73 Å². The lowest BCUT2D eigenvalue weighted by atomic mass is 10.0. The lowest BCUT2D eigenvalue weighted by Crippen LogP contribution is -2.59. The summed E-state index contributed by atoms with van der Waals surface area (Å²) in [7, 11) is 0. The van der Waals surface area contributed by atoms with E-state index < -0.39 is 5.97 Å². The van der Waals surface area contributed by atoms with Gasteiger partial charge in [0.1, 0.15) is 12.4 Å². The minimum atomic E-state index is -0.835. The van der Waals surface area contributed by atoms with Crippen LogP contribution in [-0.4, -0.2) is 34.1 Å². The molecule has 1 aliphatic heterocycles. The number of amidine groups is 1. The predicted octanol–water partition coefficient (Wildman–Crippen LogP) is 8.45. The lowest BCUT2D eigenvalue weighted by molar-refractivity contribution is -0.805. The molecule has 0 aromatic heterocycles. The Morgan fingerprint density at radius 3 is 1.74 bits per heavy atom. The Morgan fingerprint density at radius 1 is 0.857 bits per heavy atom. The number of quaternary nitrogens is 1. The molecule has 5 nitrogen and oxygen atoms in total. The standard InChI is InChI=1S/C30H55N3O2/c1-3-4-5-6-7-8-9-10-11-12-13-14-15-16-17-18-19-20-21-22-23-24-29-32-25-26-33(29,28(2)31)27-30(34)35/h4-5,25-26,28H,3,6-24,27,31H2,1-2H3/p+1/b5-4+. The van der Waals surface area contributed by atoms with Crippen LogP contribution in [0.3, 0.4) is 0 Å². The third-order valence-electron chi connectivity index (χ3n) is 7.33. The highest BCUT2D eigenvalue weighted by Crippen LogP contribution is 2.23. The summed E-state index contributed by atoms with van der Waals surface area (Å²) < 4.78 is 0.173. The molecule has 0 spiro atoms. The number of rotatable bonds is 24. The van der Waals surface area contributed by atoms with Crippen molar-refractivity contribution < 1.29 is 14.4 Å². The second-order valence-corrected chi connectivity index (χ2v) is 10.5. The van der Waals surface area contributed by atoms with Crippen LogP contribution in [0.15, 0.2) is 29.5 Å². The van der Waals surface area contributed by atoms with Crippen LogP contribution in [0.5, 0.6) is 0 Å². The molecule has 0 aromatic rings. The van der Waals surface area contributed by atoms with E-state index in [9.17, 15) is 9.90 Å². The van der Waals surface area contributed by atoms with Gasteiger partial charge in [0.25, 0.3) is 0 Å². The Bertz CT molecular complexity index is 627. The second kappa shape index (κ2) is 20.7. The van der Waals surface area contributed by atoms with E-state index in [0.717, 1.165) is 18.7 Å². The van der Waals surface area contributed by atoms with Gasteiger partial charge in [0.2, 0.25) is 5.84 Å². The molecule has 0 fully saturated rings.